The third-order valence-electron chi connectivity index (χ3n) is 1.79. The molecule has 0 aromatic heterocycles. The first kappa shape index (κ1) is 10.6. The predicted octanol–water partition coefficient (Wildman–Crippen LogP) is 0.972. The van der Waals surface area contributed by atoms with Crippen molar-refractivity contribution in [3.8, 4) is 6.07 Å². The largest absolute Gasteiger partial charge is 0.395 e. The summed E-state index contributed by atoms with van der Waals surface area (Å²) in [4.78, 5) is 0. The highest BCUT2D eigenvalue weighted by atomic mass is 19.1. The molecule has 14 heavy (non-hydrogen) atoms. The Labute approximate surface area is 81.8 Å². The molecular weight excluding hydrogens is 183 g/mol. The van der Waals surface area contributed by atoms with Crippen LogP contribution in [0.25, 0.3) is 0 Å². The molecule has 74 valence electrons. The van der Waals surface area contributed by atoms with Gasteiger partial charge >= 0.3 is 0 Å². The van der Waals surface area contributed by atoms with Gasteiger partial charge in [-0.25, -0.2) is 4.39 Å². The van der Waals surface area contributed by atoms with Crippen LogP contribution in [0.2, 0.25) is 0 Å². The summed E-state index contributed by atoms with van der Waals surface area (Å²) in [6, 6.07) is 7.24. The highest BCUT2D eigenvalue weighted by Gasteiger charge is 2.08. The average molecular weight is 194 g/mol. The Bertz CT molecular complexity index is 318. The monoisotopic (exact) mass is 194 g/mol. The van der Waals surface area contributed by atoms with E-state index in [0.29, 0.717) is 12.1 Å². The second-order valence-corrected chi connectivity index (χ2v) is 2.79. The van der Waals surface area contributed by atoms with E-state index in [1.165, 1.54) is 12.1 Å². The molecule has 4 heteroatoms. The van der Waals surface area contributed by atoms with Gasteiger partial charge in [0.15, 0.2) is 0 Å². The third kappa shape index (κ3) is 2.80. The zero-order chi connectivity index (χ0) is 10.4. The molecular formula is C10H11FN2O. The molecule has 3 nitrogen and oxygen atoms in total. The lowest BCUT2D eigenvalue weighted by Gasteiger charge is -2.10. The first-order valence-electron chi connectivity index (χ1n) is 4.27. The van der Waals surface area contributed by atoms with Gasteiger partial charge in [-0.05, 0) is 17.7 Å². The summed E-state index contributed by atoms with van der Waals surface area (Å²) < 4.78 is 12.6. The number of benzene rings is 1. The molecule has 0 radical (unpaired) electrons. The number of aliphatic hydroxyl groups excluding tert-OH is 1. The minimum Gasteiger partial charge on any atom is -0.395 e. The number of aliphatic hydroxyl groups is 1. The zero-order valence-electron chi connectivity index (χ0n) is 7.57. The van der Waals surface area contributed by atoms with Gasteiger partial charge in [0, 0.05) is 6.54 Å². The molecule has 2 N–H and O–H groups in total. The fraction of sp³-hybridized carbons (Fsp3) is 0.300. The minimum atomic E-state index is -0.497. The lowest BCUT2D eigenvalue weighted by atomic mass is 10.1. The van der Waals surface area contributed by atoms with Crippen LogP contribution in [0.5, 0.6) is 0 Å². The Hall–Kier alpha value is -1.44. The first-order valence-corrected chi connectivity index (χ1v) is 4.27. The van der Waals surface area contributed by atoms with Crippen molar-refractivity contribution in [1.82, 2.24) is 5.32 Å². The summed E-state index contributed by atoms with van der Waals surface area (Å²) in [6.07, 6.45) is 0. The maximum absolute atomic E-state index is 12.6. The second-order valence-electron chi connectivity index (χ2n) is 2.79. The zero-order valence-corrected chi connectivity index (χ0v) is 7.57. The molecule has 1 aromatic carbocycles. The number of rotatable bonds is 4. The van der Waals surface area contributed by atoms with Crippen LogP contribution in [0, 0.1) is 17.1 Å². The van der Waals surface area contributed by atoms with E-state index in [0.717, 1.165) is 0 Å². The van der Waals surface area contributed by atoms with E-state index in [1.807, 2.05) is 6.07 Å². The Balaban J connectivity index is 2.70. The SMILES string of the molecule is N#C[C@@H](NCCO)c1ccc(F)cc1. The van der Waals surface area contributed by atoms with Gasteiger partial charge in [-0.3, -0.25) is 5.32 Å². The van der Waals surface area contributed by atoms with E-state index in [2.05, 4.69) is 5.32 Å². The van der Waals surface area contributed by atoms with Crippen molar-refractivity contribution in [2.45, 2.75) is 6.04 Å². The molecule has 1 atom stereocenters. The van der Waals surface area contributed by atoms with Gasteiger partial charge in [0.05, 0.1) is 12.7 Å². The van der Waals surface area contributed by atoms with Crippen molar-refractivity contribution >= 4 is 0 Å². The molecule has 0 saturated heterocycles. The first-order chi connectivity index (χ1) is 6.77. The van der Waals surface area contributed by atoms with E-state index in [-0.39, 0.29) is 12.4 Å². The van der Waals surface area contributed by atoms with E-state index in [9.17, 15) is 4.39 Å². The van der Waals surface area contributed by atoms with Gasteiger partial charge in [-0.15, -0.1) is 0 Å². The average Bonchev–Trinajstić information content (AvgIpc) is 2.21. The number of hydrogen-bond acceptors (Lipinski definition) is 3. The van der Waals surface area contributed by atoms with Crippen LogP contribution in [0.1, 0.15) is 11.6 Å². The van der Waals surface area contributed by atoms with E-state index < -0.39 is 6.04 Å². The van der Waals surface area contributed by atoms with Crippen LogP contribution in [-0.4, -0.2) is 18.3 Å². The molecule has 0 aliphatic carbocycles. The van der Waals surface area contributed by atoms with Crippen molar-refractivity contribution in [3.63, 3.8) is 0 Å². The van der Waals surface area contributed by atoms with Crippen LogP contribution >= 0.6 is 0 Å². The maximum Gasteiger partial charge on any atom is 0.123 e. The van der Waals surface area contributed by atoms with Crippen LogP contribution in [0.15, 0.2) is 24.3 Å². The highest BCUT2D eigenvalue weighted by molar-refractivity contribution is 5.24. The van der Waals surface area contributed by atoms with Crippen molar-refractivity contribution in [2.75, 3.05) is 13.2 Å². The fourth-order valence-electron chi connectivity index (χ4n) is 1.10. The Morgan fingerprint density at radius 2 is 2.07 bits per heavy atom. The van der Waals surface area contributed by atoms with Gasteiger partial charge in [-0.2, -0.15) is 5.26 Å². The molecule has 0 bridgehead atoms. The summed E-state index contributed by atoms with van der Waals surface area (Å²) in [5, 5.41) is 20.2. The number of nitriles is 1. The molecule has 1 rings (SSSR count). The van der Waals surface area contributed by atoms with E-state index in [1.54, 1.807) is 12.1 Å². The number of nitrogens with zero attached hydrogens (tertiary/aromatic N) is 1. The number of nitrogens with one attached hydrogen (secondary N) is 1. The molecule has 1 aromatic rings. The fourth-order valence-corrected chi connectivity index (χ4v) is 1.10. The summed E-state index contributed by atoms with van der Waals surface area (Å²) in [6.45, 7) is 0.314. The lowest BCUT2D eigenvalue weighted by molar-refractivity contribution is 0.289. The molecule has 0 aliphatic rings. The van der Waals surface area contributed by atoms with Crippen LogP contribution in [0.4, 0.5) is 4.39 Å². The summed E-state index contributed by atoms with van der Waals surface area (Å²) in [5.41, 5.74) is 0.697. The van der Waals surface area contributed by atoms with E-state index >= 15 is 0 Å². The Morgan fingerprint density at radius 1 is 1.43 bits per heavy atom. The van der Waals surface area contributed by atoms with Crippen molar-refractivity contribution in [3.05, 3.63) is 35.6 Å². The highest BCUT2D eigenvalue weighted by Crippen LogP contribution is 2.12. The van der Waals surface area contributed by atoms with Gasteiger partial charge < -0.3 is 5.11 Å². The Morgan fingerprint density at radius 3 is 2.57 bits per heavy atom. The normalized spacial score (nSPS) is 12.1. The van der Waals surface area contributed by atoms with Crippen LogP contribution in [-0.2, 0) is 0 Å². The molecule has 0 amide bonds. The van der Waals surface area contributed by atoms with E-state index in [4.69, 9.17) is 10.4 Å². The summed E-state index contributed by atoms with van der Waals surface area (Å²) in [7, 11) is 0. The van der Waals surface area contributed by atoms with Crippen LogP contribution in [0.3, 0.4) is 0 Å². The third-order valence-corrected chi connectivity index (χ3v) is 1.79. The summed E-state index contributed by atoms with van der Waals surface area (Å²) >= 11 is 0. The number of hydrogen-bond donors (Lipinski definition) is 2. The molecule has 0 spiro atoms. The molecule has 0 heterocycles. The van der Waals surface area contributed by atoms with Crippen molar-refractivity contribution < 1.29 is 9.50 Å². The smallest absolute Gasteiger partial charge is 0.123 e. The van der Waals surface area contributed by atoms with Gasteiger partial charge in [0.2, 0.25) is 0 Å². The van der Waals surface area contributed by atoms with Gasteiger partial charge in [0.25, 0.3) is 0 Å². The van der Waals surface area contributed by atoms with Crippen molar-refractivity contribution in [1.29, 1.82) is 5.26 Å². The molecule has 0 saturated carbocycles. The lowest BCUT2D eigenvalue weighted by Crippen LogP contribution is -2.23. The van der Waals surface area contributed by atoms with Gasteiger partial charge in [0.1, 0.15) is 11.9 Å². The Kier molecular flexibility index (Phi) is 4.05. The standard InChI is InChI=1S/C10H11FN2O/c11-9-3-1-8(2-4-9)10(7-12)13-5-6-14/h1-4,10,13-14H,5-6H2/t10-/m1/s1. The van der Waals surface area contributed by atoms with Gasteiger partial charge in [-0.1, -0.05) is 12.1 Å². The van der Waals surface area contributed by atoms with Crippen LogP contribution < -0.4 is 5.32 Å². The summed E-state index contributed by atoms with van der Waals surface area (Å²) in [5.74, 6) is -0.326. The minimum absolute atomic E-state index is 0.0284. The van der Waals surface area contributed by atoms with Crippen molar-refractivity contribution in [2.24, 2.45) is 0 Å². The number of halogens is 1. The maximum atomic E-state index is 12.6. The molecule has 0 fully saturated rings. The quantitative estimate of drug-likeness (QED) is 0.751. The topological polar surface area (TPSA) is 56.0 Å². The predicted molar refractivity (Wildman–Crippen MR) is 49.8 cm³/mol. The molecule has 0 unspecified atom stereocenters. The molecule has 0 aliphatic heterocycles. The second kappa shape index (κ2) is 5.32.